The van der Waals surface area contributed by atoms with Gasteiger partial charge in [0.2, 0.25) is 0 Å². The monoisotopic (exact) mass is 373 g/mol. The average Bonchev–Trinajstić information content (AvgIpc) is 2.82. The van der Waals surface area contributed by atoms with E-state index in [0.717, 1.165) is 21.6 Å². The molecule has 3 rings (SSSR count). The van der Waals surface area contributed by atoms with E-state index < -0.39 is 0 Å². The summed E-state index contributed by atoms with van der Waals surface area (Å²) in [6.07, 6.45) is 1.15. The van der Waals surface area contributed by atoms with Crippen molar-refractivity contribution in [2.24, 2.45) is 0 Å². The Morgan fingerprint density at radius 2 is 2.21 bits per heavy atom. The SMILES string of the molecule is C[C@H]1CC(Nc2ccc(Cl)c(Br)c2)c2ccsc2S1. The third-order valence-electron chi connectivity index (χ3n) is 3.17. The summed E-state index contributed by atoms with van der Waals surface area (Å²) >= 11 is 13.3. The van der Waals surface area contributed by atoms with E-state index in [0.29, 0.717) is 11.3 Å². The van der Waals surface area contributed by atoms with Gasteiger partial charge in [-0.1, -0.05) is 18.5 Å². The van der Waals surface area contributed by atoms with Crippen molar-refractivity contribution < 1.29 is 0 Å². The molecular weight excluding hydrogens is 362 g/mol. The Bertz CT molecular complexity index is 599. The number of hydrogen-bond acceptors (Lipinski definition) is 3. The zero-order valence-corrected chi connectivity index (χ0v) is 14.3. The standard InChI is InChI=1S/C14H13BrClNS2/c1-8-6-13(10-4-5-18-14(10)19-8)17-9-2-3-12(16)11(15)7-9/h2-5,7-8,13,17H,6H2,1H3/t8-,13?/m0/s1. The number of benzene rings is 1. The lowest BCUT2D eigenvalue weighted by atomic mass is 10.0. The molecule has 0 saturated carbocycles. The van der Waals surface area contributed by atoms with E-state index in [-0.39, 0.29) is 0 Å². The van der Waals surface area contributed by atoms with E-state index >= 15 is 0 Å². The normalized spacial score (nSPS) is 22.1. The fourth-order valence-electron chi connectivity index (χ4n) is 2.27. The molecule has 0 spiro atoms. The van der Waals surface area contributed by atoms with E-state index in [1.807, 2.05) is 41.3 Å². The van der Waals surface area contributed by atoms with Crippen LogP contribution in [-0.2, 0) is 0 Å². The maximum atomic E-state index is 6.03. The third-order valence-corrected chi connectivity index (χ3v) is 6.73. The molecule has 0 bridgehead atoms. The number of thiophene rings is 1. The zero-order valence-electron chi connectivity index (χ0n) is 10.3. The summed E-state index contributed by atoms with van der Waals surface area (Å²) in [6.45, 7) is 2.29. The molecule has 19 heavy (non-hydrogen) atoms. The summed E-state index contributed by atoms with van der Waals surface area (Å²) in [6, 6.07) is 8.63. The van der Waals surface area contributed by atoms with Gasteiger partial charge in [0.15, 0.2) is 0 Å². The van der Waals surface area contributed by atoms with Gasteiger partial charge in [0.05, 0.1) is 15.3 Å². The van der Waals surface area contributed by atoms with Crippen molar-refractivity contribution in [2.75, 3.05) is 5.32 Å². The largest absolute Gasteiger partial charge is 0.378 e. The molecule has 2 aromatic rings. The van der Waals surface area contributed by atoms with Crippen LogP contribution in [0.3, 0.4) is 0 Å². The number of anilines is 1. The molecule has 0 amide bonds. The number of thioether (sulfide) groups is 1. The van der Waals surface area contributed by atoms with Crippen LogP contribution < -0.4 is 5.32 Å². The second kappa shape index (κ2) is 5.68. The smallest absolute Gasteiger partial charge is 0.0653 e. The summed E-state index contributed by atoms with van der Waals surface area (Å²) in [7, 11) is 0. The minimum atomic E-state index is 0.394. The Balaban J connectivity index is 1.86. The molecule has 5 heteroatoms. The quantitative estimate of drug-likeness (QED) is 0.671. The Kier molecular flexibility index (Phi) is 4.13. The summed E-state index contributed by atoms with van der Waals surface area (Å²) in [5.41, 5.74) is 2.54. The summed E-state index contributed by atoms with van der Waals surface area (Å²) < 4.78 is 2.38. The molecule has 2 heterocycles. The molecular formula is C14H13BrClNS2. The molecule has 1 aromatic heterocycles. The maximum absolute atomic E-state index is 6.03. The lowest BCUT2D eigenvalue weighted by Crippen LogP contribution is -2.18. The summed E-state index contributed by atoms with van der Waals surface area (Å²) in [5, 5.41) is 7.21. The van der Waals surface area contributed by atoms with E-state index in [4.69, 9.17) is 11.6 Å². The predicted molar refractivity (Wildman–Crippen MR) is 89.8 cm³/mol. The first kappa shape index (κ1) is 13.8. The van der Waals surface area contributed by atoms with Crippen LogP contribution in [0.5, 0.6) is 0 Å². The van der Waals surface area contributed by atoms with Crippen molar-refractivity contribution in [3.05, 3.63) is 44.7 Å². The number of fused-ring (bicyclic) bond motifs is 1. The summed E-state index contributed by atoms with van der Waals surface area (Å²) in [5.74, 6) is 0. The molecule has 1 unspecified atom stereocenters. The van der Waals surface area contributed by atoms with Gasteiger partial charge in [-0.2, -0.15) is 0 Å². The molecule has 1 N–H and O–H groups in total. The molecule has 0 fully saturated rings. The molecule has 2 atom stereocenters. The van der Waals surface area contributed by atoms with Crippen LogP contribution >= 0.6 is 50.6 Å². The van der Waals surface area contributed by atoms with Gasteiger partial charge in [-0.15, -0.1) is 23.1 Å². The Labute approximate surface area is 134 Å². The first-order valence-corrected chi connectivity index (χ1v) is 9.02. The van der Waals surface area contributed by atoms with Crippen molar-refractivity contribution in [1.29, 1.82) is 0 Å². The lowest BCUT2D eigenvalue weighted by Gasteiger charge is -2.28. The van der Waals surface area contributed by atoms with Gasteiger partial charge >= 0.3 is 0 Å². The van der Waals surface area contributed by atoms with Gasteiger partial charge in [-0.3, -0.25) is 0 Å². The van der Waals surface area contributed by atoms with Crippen molar-refractivity contribution >= 4 is 56.3 Å². The van der Waals surface area contributed by atoms with Crippen LogP contribution in [0, 0.1) is 0 Å². The van der Waals surface area contributed by atoms with E-state index in [1.165, 1.54) is 9.77 Å². The molecule has 1 aromatic carbocycles. The average molecular weight is 375 g/mol. The Morgan fingerprint density at radius 3 is 3.00 bits per heavy atom. The highest BCUT2D eigenvalue weighted by atomic mass is 79.9. The van der Waals surface area contributed by atoms with Crippen LogP contribution in [0.25, 0.3) is 0 Å². The minimum absolute atomic E-state index is 0.394. The number of nitrogens with one attached hydrogen (secondary N) is 1. The zero-order chi connectivity index (χ0) is 13.4. The van der Waals surface area contributed by atoms with Gasteiger partial charge in [-0.05, 0) is 57.6 Å². The summed E-state index contributed by atoms with van der Waals surface area (Å²) in [4.78, 5) is 0. The third kappa shape index (κ3) is 2.97. The van der Waals surface area contributed by atoms with E-state index in [9.17, 15) is 0 Å². The van der Waals surface area contributed by atoms with Crippen molar-refractivity contribution in [1.82, 2.24) is 0 Å². The second-order valence-electron chi connectivity index (χ2n) is 4.65. The highest BCUT2D eigenvalue weighted by molar-refractivity contribution is 9.10. The minimum Gasteiger partial charge on any atom is -0.378 e. The molecule has 0 radical (unpaired) electrons. The van der Waals surface area contributed by atoms with Gasteiger partial charge in [0.25, 0.3) is 0 Å². The first-order chi connectivity index (χ1) is 9.13. The van der Waals surface area contributed by atoms with Crippen LogP contribution in [0.4, 0.5) is 5.69 Å². The molecule has 1 aliphatic rings. The highest BCUT2D eigenvalue weighted by Crippen LogP contribution is 2.45. The van der Waals surface area contributed by atoms with Gasteiger partial charge in [0, 0.05) is 15.4 Å². The van der Waals surface area contributed by atoms with Crippen LogP contribution in [0.1, 0.15) is 24.9 Å². The number of rotatable bonds is 2. The van der Waals surface area contributed by atoms with Crippen molar-refractivity contribution in [2.45, 2.75) is 28.8 Å². The van der Waals surface area contributed by atoms with Gasteiger partial charge in [0.1, 0.15) is 0 Å². The fourth-order valence-corrected chi connectivity index (χ4v) is 5.34. The van der Waals surface area contributed by atoms with Crippen molar-refractivity contribution in [3.8, 4) is 0 Å². The molecule has 0 aliphatic carbocycles. The Morgan fingerprint density at radius 1 is 1.37 bits per heavy atom. The first-order valence-electron chi connectivity index (χ1n) is 6.09. The Hall–Kier alpha value is -0.160. The van der Waals surface area contributed by atoms with Crippen LogP contribution in [-0.4, -0.2) is 5.25 Å². The van der Waals surface area contributed by atoms with E-state index in [2.05, 4.69) is 39.6 Å². The number of halogens is 2. The highest BCUT2D eigenvalue weighted by Gasteiger charge is 2.26. The maximum Gasteiger partial charge on any atom is 0.0653 e. The van der Waals surface area contributed by atoms with Gasteiger partial charge < -0.3 is 5.32 Å². The number of hydrogen-bond donors (Lipinski definition) is 1. The van der Waals surface area contributed by atoms with Crippen LogP contribution in [0.2, 0.25) is 5.02 Å². The van der Waals surface area contributed by atoms with E-state index in [1.54, 1.807) is 0 Å². The topological polar surface area (TPSA) is 12.0 Å². The van der Waals surface area contributed by atoms with Crippen molar-refractivity contribution in [3.63, 3.8) is 0 Å². The molecule has 1 aliphatic heterocycles. The predicted octanol–water partition coefficient (Wildman–Crippen LogP) is 6.20. The van der Waals surface area contributed by atoms with Gasteiger partial charge in [-0.25, -0.2) is 0 Å². The second-order valence-corrected chi connectivity index (χ2v) is 8.54. The molecule has 1 nitrogen and oxygen atoms in total. The fraction of sp³-hybridized carbons (Fsp3) is 0.286. The molecule has 0 saturated heterocycles. The molecule has 100 valence electrons. The van der Waals surface area contributed by atoms with Crippen LogP contribution in [0.15, 0.2) is 38.3 Å². The lowest BCUT2D eigenvalue weighted by molar-refractivity contribution is 0.670.